The van der Waals surface area contributed by atoms with E-state index in [9.17, 15) is 4.79 Å². The van der Waals surface area contributed by atoms with E-state index in [1.165, 1.54) is 0 Å². The van der Waals surface area contributed by atoms with Crippen molar-refractivity contribution in [3.8, 4) is 16.6 Å². The summed E-state index contributed by atoms with van der Waals surface area (Å²) in [6.45, 7) is 2.65. The first kappa shape index (κ1) is 16.9. The van der Waals surface area contributed by atoms with Crippen LogP contribution in [0.1, 0.15) is 22.8 Å². The standard InChI is InChI=1S/C20H15N5OS/c1-2-25-19-16(12-22-25)15(10-17(24-19)18-7-4-8-27-18)20(26)23-14-6-3-5-13(9-14)11-21/h3-10,12H,2H2,1H3,(H,23,26). The zero-order valence-corrected chi connectivity index (χ0v) is 15.3. The molecule has 0 fully saturated rings. The number of aromatic nitrogens is 3. The van der Waals surface area contributed by atoms with E-state index in [1.54, 1.807) is 52.5 Å². The number of fused-ring (bicyclic) bond motifs is 1. The number of benzene rings is 1. The van der Waals surface area contributed by atoms with Crippen LogP contribution in [0.25, 0.3) is 21.6 Å². The molecule has 0 saturated carbocycles. The fourth-order valence-corrected chi connectivity index (χ4v) is 3.57. The smallest absolute Gasteiger partial charge is 0.256 e. The van der Waals surface area contributed by atoms with E-state index in [2.05, 4.69) is 16.5 Å². The zero-order valence-electron chi connectivity index (χ0n) is 14.5. The van der Waals surface area contributed by atoms with Gasteiger partial charge in [-0.3, -0.25) is 4.79 Å². The molecule has 0 atom stereocenters. The number of rotatable bonds is 4. The van der Waals surface area contributed by atoms with Crippen LogP contribution in [-0.4, -0.2) is 20.7 Å². The molecule has 0 radical (unpaired) electrons. The molecule has 1 amide bonds. The normalized spacial score (nSPS) is 10.7. The molecule has 27 heavy (non-hydrogen) atoms. The maximum Gasteiger partial charge on any atom is 0.256 e. The van der Waals surface area contributed by atoms with Crippen LogP contribution in [-0.2, 0) is 6.54 Å². The minimum absolute atomic E-state index is 0.258. The second kappa shape index (κ2) is 7.02. The Labute approximate surface area is 159 Å². The van der Waals surface area contributed by atoms with Gasteiger partial charge in [0.1, 0.15) is 0 Å². The number of aryl methyl sites for hydroxylation is 1. The van der Waals surface area contributed by atoms with E-state index in [1.807, 2.05) is 24.4 Å². The molecular weight excluding hydrogens is 358 g/mol. The summed E-state index contributed by atoms with van der Waals surface area (Å²) in [7, 11) is 0. The summed E-state index contributed by atoms with van der Waals surface area (Å²) < 4.78 is 1.78. The van der Waals surface area contributed by atoms with Crippen molar-refractivity contribution in [2.24, 2.45) is 0 Å². The molecule has 3 aromatic heterocycles. The molecule has 0 spiro atoms. The summed E-state index contributed by atoms with van der Waals surface area (Å²) in [6, 6.07) is 14.6. The third-order valence-corrected chi connectivity index (χ3v) is 5.07. The highest BCUT2D eigenvalue weighted by Gasteiger charge is 2.18. The molecule has 4 aromatic rings. The van der Waals surface area contributed by atoms with Crippen molar-refractivity contribution in [2.45, 2.75) is 13.5 Å². The Morgan fingerprint density at radius 1 is 1.30 bits per heavy atom. The monoisotopic (exact) mass is 373 g/mol. The van der Waals surface area contributed by atoms with Gasteiger partial charge in [0.25, 0.3) is 5.91 Å². The SMILES string of the molecule is CCn1ncc2c(C(=O)Nc3cccc(C#N)c3)cc(-c3cccs3)nc21. The molecule has 7 heteroatoms. The Balaban J connectivity index is 1.81. The van der Waals surface area contributed by atoms with E-state index < -0.39 is 0 Å². The van der Waals surface area contributed by atoms with Crippen LogP contribution >= 0.6 is 11.3 Å². The second-order valence-corrected chi connectivity index (χ2v) is 6.82. The molecule has 0 aliphatic carbocycles. The van der Waals surface area contributed by atoms with Gasteiger partial charge in [-0.1, -0.05) is 12.1 Å². The average molecular weight is 373 g/mol. The Kier molecular flexibility index (Phi) is 4.40. The van der Waals surface area contributed by atoms with Crippen molar-refractivity contribution in [3.05, 3.63) is 65.2 Å². The van der Waals surface area contributed by atoms with Gasteiger partial charge in [0.15, 0.2) is 5.65 Å². The number of thiophene rings is 1. The average Bonchev–Trinajstić information content (AvgIpc) is 3.36. The molecule has 1 N–H and O–H groups in total. The summed E-state index contributed by atoms with van der Waals surface area (Å²) in [4.78, 5) is 18.7. The number of hydrogen-bond donors (Lipinski definition) is 1. The Morgan fingerprint density at radius 3 is 2.93 bits per heavy atom. The van der Waals surface area contributed by atoms with Gasteiger partial charge >= 0.3 is 0 Å². The first-order valence-electron chi connectivity index (χ1n) is 8.41. The lowest BCUT2D eigenvalue weighted by Gasteiger charge is -2.09. The van der Waals surface area contributed by atoms with E-state index in [0.717, 1.165) is 10.6 Å². The van der Waals surface area contributed by atoms with E-state index in [0.29, 0.717) is 34.4 Å². The van der Waals surface area contributed by atoms with Gasteiger partial charge in [-0.2, -0.15) is 10.4 Å². The number of nitrogens with one attached hydrogen (secondary N) is 1. The minimum Gasteiger partial charge on any atom is -0.322 e. The van der Waals surface area contributed by atoms with Gasteiger partial charge < -0.3 is 5.32 Å². The predicted molar refractivity (Wildman–Crippen MR) is 106 cm³/mol. The highest BCUT2D eigenvalue weighted by molar-refractivity contribution is 7.13. The number of nitriles is 1. The van der Waals surface area contributed by atoms with Crippen molar-refractivity contribution >= 4 is 34.0 Å². The molecule has 132 valence electrons. The maximum absolute atomic E-state index is 13.0. The highest BCUT2D eigenvalue weighted by Crippen LogP contribution is 2.28. The van der Waals surface area contributed by atoms with Crippen LogP contribution in [0.15, 0.2) is 54.0 Å². The Morgan fingerprint density at radius 2 is 2.19 bits per heavy atom. The number of carbonyl (C=O) groups excluding carboxylic acids is 1. The molecule has 0 aliphatic heterocycles. The largest absolute Gasteiger partial charge is 0.322 e. The predicted octanol–water partition coefficient (Wildman–Crippen LogP) is 4.30. The van der Waals surface area contributed by atoms with E-state index in [-0.39, 0.29) is 5.91 Å². The van der Waals surface area contributed by atoms with E-state index >= 15 is 0 Å². The lowest BCUT2D eigenvalue weighted by molar-refractivity contribution is 0.102. The molecule has 4 rings (SSSR count). The fraction of sp³-hybridized carbons (Fsp3) is 0.100. The number of amides is 1. The van der Waals surface area contributed by atoms with Crippen LogP contribution < -0.4 is 5.32 Å². The van der Waals surface area contributed by atoms with Crippen molar-refractivity contribution < 1.29 is 4.79 Å². The first-order chi connectivity index (χ1) is 13.2. The van der Waals surface area contributed by atoms with Gasteiger partial charge in [-0.25, -0.2) is 9.67 Å². The lowest BCUT2D eigenvalue weighted by atomic mass is 10.1. The fourth-order valence-electron chi connectivity index (χ4n) is 2.88. The van der Waals surface area contributed by atoms with Crippen molar-refractivity contribution in [1.29, 1.82) is 5.26 Å². The highest BCUT2D eigenvalue weighted by atomic mass is 32.1. The molecule has 0 aliphatic rings. The topological polar surface area (TPSA) is 83.6 Å². The molecule has 0 unspecified atom stereocenters. The summed E-state index contributed by atoms with van der Waals surface area (Å²) >= 11 is 1.57. The third kappa shape index (κ3) is 3.18. The Hall–Kier alpha value is -3.50. The number of hydrogen-bond acceptors (Lipinski definition) is 5. The summed E-state index contributed by atoms with van der Waals surface area (Å²) in [5.74, 6) is -0.258. The van der Waals surface area contributed by atoms with Crippen LogP contribution in [0.5, 0.6) is 0 Å². The molecule has 0 saturated heterocycles. The number of anilines is 1. The van der Waals surface area contributed by atoms with Gasteiger partial charge in [0.05, 0.1) is 39.4 Å². The number of pyridine rings is 1. The lowest BCUT2D eigenvalue weighted by Crippen LogP contribution is -2.13. The molecule has 6 nitrogen and oxygen atoms in total. The van der Waals surface area contributed by atoms with Crippen LogP contribution in [0.3, 0.4) is 0 Å². The minimum atomic E-state index is -0.258. The number of nitrogens with zero attached hydrogens (tertiary/aromatic N) is 4. The molecule has 0 bridgehead atoms. The quantitative estimate of drug-likeness (QED) is 0.578. The Bertz CT molecular complexity index is 1170. The first-order valence-corrected chi connectivity index (χ1v) is 9.29. The van der Waals surface area contributed by atoms with E-state index in [4.69, 9.17) is 10.2 Å². The third-order valence-electron chi connectivity index (χ3n) is 4.18. The van der Waals surface area contributed by atoms with Crippen LogP contribution in [0, 0.1) is 11.3 Å². The van der Waals surface area contributed by atoms with Crippen molar-refractivity contribution in [1.82, 2.24) is 14.8 Å². The van der Waals surface area contributed by atoms with Gasteiger partial charge in [-0.15, -0.1) is 11.3 Å². The zero-order chi connectivity index (χ0) is 18.8. The van der Waals surface area contributed by atoms with Gasteiger partial charge in [0.2, 0.25) is 0 Å². The van der Waals surface area contributed by atoms with Crippen molar-refractivity contribution in [3.63, 3.8) is 0 Å². The number of carbonyl (C=O) groups is 1. The summed E-state index contributed by atoms with van der Waals surface area (Å²) in [5.41, 5.74) is 2.99. The second-order valence-electron chi connectivity index (χ2n) is 5.88. The van der Waals surface area contributed by atoms with Crippen LogP contribution in [0.4, 0.5) is 5.69 Å². The molecular formula is C20H15N5OS. The van der Waals surface area contributed by atoms with Gasteiger partial charge in [-0.05, 0) is 42.6 Å². The summed E-state index contributed by atoms with van der Waals surface area (Å²) in [5, 5.41) is 18.9. The van der Waals surface area contributed by atoms with Crippen LogP contribution in [0.2, 0.25) is 0 Å². The summed E-state index contributed by atoms with van der Waals surface area (Å²) in [6.07, 6.45) is 1.67. The molecule has 3 heterocycles. The maximum atomic E-state index is 13.0. The molecule has 1 aromatic carbocycles. The van der Waals surface area contributed by atoms with Gasteiger partial charge in [0, 0.05) is 12.2 Å². The van der Waals surface area contributed by atoms with Crippen molar-refractivity contribution in [2.75, 3.05) is 5.32 Å².